The van der Waals surface area contributed by atoms with E-state index in [0.29, 0.717) is 5.25 Å². The van der Waals surface area contributed by atoms with Crippen LogP contribution in [0.1, 0.15) is 58.2 Å². The van der Waals surface area contributed by atoms with Gasteiger partial charge in [-0.05, 0) is 43.9 Å². The summed E-state index contributed by atoms with van der Waals surface area (Å²) < 4.78 is 1.89. The Morgan fingerprint density at radius 3 is 2.83 bits per heavy atom. The normalized spacial score (nSPS) is 17.4. The van der Waals surface area contributed by atoms with E-state index in [-0.39, 0.29) is 0 Å². The molecule has 1 fully saturated rings. The van der Waals surface area contributed by atoms with Crippen molar-refractivity contribution in [3.63, 3.8) is 0 Å². The molecule has 3 rings (SSSR count). The third-order valence-electron chi connectivity index (χ3n) is 4.24. The molecule has 0 unspecified atom stereocenters. The highest BCUT2D eigenvalue weighted by Gasteiger charge is 2.17. The van der Waals surface area contributed by atoms with Crippen LogP contribution in [0.25, 0.3) is 11.2 Å². The number of fused-ring (bicyclic) bond motifs is 1. The number of allylic oxidation sites excluding steroid dienone is 4. The van der Waals surface area contributed by atoms with Gasteiger partial charge in [-0.2, -0.15) is 9.61 Å². The molecule has 0 bridgehead atoms. The molecule has 0 N–H and O–H groups in total. The number of hydrogen-bond donors (Lipinski definition) is 0. The molecule has 1 saturated carbocycles. The van der Waals surface area contributed by atoms with Gasteiger partial charge in [-0.3, -0.25) is 0 Å². The summed E-state index contributed by atoms with van der Waals surface area (Å²) in [5.41, 5.74) is 1.97. The average molecular weight is 328 g/mol. The fraction of sp³-hybridized carbons (Fsp3) is 0.500. The van der Waals surface area contributed by atoms with Crippen LogP contribution in [0.2, 0.25) is 0 Å². The van der Waals surface area contributed by atoms with Gasteiger partial charge in [0.15, 0.2) is 11.5 Å². The Morgan fingerprint density at radius 1 is 1.26 bits per heavy atom. The van der Waals surface area contributed by atoms with Crippen molar-refractivity contribution < 1.29 is 0 Å². The molecule has 4 nitrogen and oxygen atoms in total. The zero-order valence-corrected chi connectivity index (χ0v) is 14.7. The summed E-state index contributed by atoms with van der Waals surface area (Å²) in [5.74, 6) is 0.853. The first kappa shape index (κ1) is 16.2. The minimum atomic E-state index is 0.706. The number of rotatable bonds is 5. The maximum Gasteiger partial charge on any atom is 0.181 e. The molecular formula is C18H24N4S. The van der Waals surface area contributed by atoms with Gasteiger partial charge < -0.3 is 0 Å². The van der Waals surface area contributed by atoms with E-state index in [4.69, 9.17) is 5.10 Å². The van der Waals surface area contributed by atoms with Gasteiger partial charge in [0, 0.05) is 5.25 Å². The minimum Gasteiger partial charge on any atom is -0.192 e. The SMILES string of the molecule is C/C=C\C=C(/CC)c1nnc2ccc(SC3CCCCC3)nn12. The van der Waals surface area contributed by atoms with Gasteiger partial charge in [0.25, 0.3) is 0 Å². The van der Waals surface area contributed by atoms with Crippen LogP contribution in [-0.2, 0) is 0 Å². The third kappa shape index (κ3) is 3.83. The second-order valence-electron chi connectivity index (χ2n) is 5.91. The van der Waals surface area contributed by atoms with Crippen molar-refractivity contribution in [3.05, 3.63) is 36.2 Å². The fourth-order valence-corrected chi connectivity index (χ4v) is 4.14. The minimum absolute atomic E-state index is 0.706. The van der Waals surface area contributed by atoms with E-state index in [9.17, 15) is 0 Å². The number of hydrogen-bond acceptors (Lipinski definition) is 4. The van der Waals surface area contributed by atoms with Gasteiger partial charge in [0.2, 0.25) is 0 Å². The maximum absolute atomic E-state index is 4.80. The van der Waals surface area contributed by atoms with Crippen molar-refractivity contribution in [2.24, 2.45) is 0 Å². The zero-order valence-electron chi connectivity index (χ0n) is 13.9. The van der Waals surface area contributed by atoms with Crippen molar-refractivity contribution in [2.75, 3.05) is 0 Å². The molecule has 2 aromatic rings. The first-order valence-corrected chi connectivity index (χ1v) is 9.41. The Balaban J connectivity index is 1.89. The molecule has 5 heteroatoms. The van der Waals surface area contributed by atoms with E-state index in [1.54, 1.807) is 0 Å². The lowest BCUT2D eigenvalue weighted by atomic mass is 10.0. The highest BCUT2D eigenvalue weighted by molar-refractivity contribution is 7.99. The molecule has 1 aliphatic carbocycles. The summed E-state index contributed by atoms with van der Waals surface area (Å²) in [6.07, 6.45) is 13.8. The number of nitrogens with zero attached hydrogens (tertiary/aromatic N) is 4. The van der Waals surface area contributed by atoms with E-state index in [1.165, 1.54) is 32.1 Å². The van der Waals surface area contributed by atoms with E-state index in [1.807, 2.05) is 41.4 Å². The van der Waals surface area contributed by atoms with E-state index < -0.39 is 0 Å². The van der Waals surface area contributed by atoms with Crippen molar-refractivity contribution >= 4 is 23.0 Å². The molecule has 1 aliphatic rings. The van der Waals surface area contributed by atoms with Crippen LogP contribution in [-0.4, -0.2) is 25.1 Å². The molecule has 0 radical (unpaired) electrons. The van der Waals surface area contributed by atoms with Crippen molar-refractivity contribution in [3.8, 4) is 0 Å². The molecular weight excluding hydrogens is 304 g/mol. The van der Waals surface area contributed by atoms with Crippen molar-refractivity contribution in [1.82, 2.24) is 19.8 Å². The molecule has 2 aromatic heterocycles. The zero-order chi connectivity index (χ0) is 16.1. The monoisotopic (exact) mass is 328 g/mol. The summed E-state index contributed by atoms with van der Waals surface area (Å²) in [6, 6.07) is 4.10. The van der Waals surface area contributed by atoms with Gasteiger partial charge in [-0.1, -0.05) is 44.4 Å². The molecule has 0 aliphatic heterocycles. The second kappa shape index (κ2) is 7.77. The van der Waals surface area contributed by atoms with Gasteiger partial charge in [0.1, 0.15) is 5.03 Å². The van der Waals surface area contributed by atoms with Crippen LogP contribution < -0.4 is 0 Å². The Labute approximate surface area is 142 Å². The summed E-state index contributed by atoms with van der Waals surface area (Å²) in [7, 11) is 0. The number of aromatic nitrogens is 4. The third-order valence-corrected chi connectivity index (χ3v) is 5.50. The predicted octanol–water partition coefficient (Wildman–Crippen LogP) is 4.92. The molecule has 0 atom stereocenters. The highest BCUT2D eigenvalue weighted by Crippen LogP contribution is 2.32. The quantitative estimate of drug-likeness (QED) is 0.731. The smallest absolute Gasteiger partial charge is 0.181 e. The van der Waals surface area contributed by atoms with E-state index >= 15 is 0 Å². The van der Waals surface area contributed by atoms with Crippen LogP contribution in [0.5, 0.6) is 0 Å². The second-order valence-corrected chi connectivity index (χ2v) is 7.23. The fourth-order valence-electron chi connectivity index (χ4n) is 2.95. The first-order valence-electron chi connectivity index (χ1n) is 8.53. The summed E-state index contributed by atoms with van der Waals surface area (Å²) in [6.45, 7) is 4.15. The summed E-state index contributed by atoms with van der Waals surface area (Å²) in [5, 5.41) is 15.2. The van der Waals surface area contributed by atoms with Crippen LogP contribution in [0, 0.1) is 0 Å². The van der Waals surface area contributed by atoms with Gasteiger partial charge in [-0.15, -0.1) is 22.0 Å². The molecule has 122 valence electrons. The standard InChI is InChI=1S/C18H24N4S/c1-3-5-9-14(4-2)18-20-19-16-12-13-17(21-22(16)18)23-15-10-7-6-8-11-15/h3,5,9,12-13,15H,4,6-8,10-11H2,1-2H3/b5-3-,14-9+. The molecule has 0 aromatic carbocycles. The van der Waals surface area contributed by atoms with Crippen LogP contribution in [0.4, 0.5) is 0 Å². The van der Waals surface area contributed by atoms with Crippen molar-refractivity contribution in [2.45, 2.75) is 62.6 Å². The van der Waals surface area contributed by atoms with E-state index in [0.717, 1.165) is 28.5 Å². The Morgan fingerprint density at radius 2 is 2.09 bits per heavy atom. The molecule has 2 heterocycles. The lowest BCUT2D eigenvalue weighted by Gasteiger charge is -2.20. The Kier molecular flexibility index (Phi) is 5.49. The predicted molar refractivity (Wildman–Crippen MR) is 96.6 cm³/mol. The van der Waals surface area contributed by atoms with Crippen LogP contribution in [0.3, 0.4) is 0 Å². The Hall–Kier alpha value is -1.62. The van der Waals surface area contributed by atoms with Gasteiger partial charge in [0.05, 0.1) is 0 Å². The molecule has 0 spiro atoms. The first-order chi connectivity index (χ1) is 11.3. The number of thioether (sulfide) groups is 1. The Bertz CT molecular complexity index is 711. The largest absolute Gasteiger partial charge is 0.192 e. The summed E-state index contributed by atoms with van der Waals surface area (Å²) >= 11 is 1.91. The maximum atomic E-state index is 4.80. The lowest BCUT2D eigenvalue weighted by molar-refractivity contribution is 0.515. The average Bonchev–Trinajstić information content (AvgIpc) is 3.00. The topological polar surface area (TPSA) is 43.1 Å². The van der Waals surface area contributed by atoms with Crippen molar-refractivity contribution in [1.29, 1.82) is 0 Å². The summed E-state index contributed by atoms with van der Waals surface area (Å²) in [4.78, 5) is 0. The lowest BCUT2D eigenvalue weighted by Crippen LogP contribution is -2.09. The van der Waals surface area contributed by atoms with Crippen LogP contribution >= 0.6 is 11.8 Å². The van der Waals surface area contributed by atoms with E-state index in [2.05, 4.69) is 29.3 Å². The highest BCUT2D eigenvalue weighted by atomic mass is 32.2. The molecule has 0 amide bonds. The molecule has 0 saturated heterocycles. The van der Waals surface area contributed by atoms with Crippen LogP contribution in [0.15, 0.2) is 35.4 Å². The van der Waals surface area contributed by atoms with Gasteiger partial charge >= 0.3 is 0 Å². The molecule has 23 heavy (non-hydrogen) atoms. The van der Waals surface area contributed by atoms with Gasteiger partial charge in [-0.25, -0.2) is 0 Å².